The van der Waals surface area contributed by atoms with Crippen LogP contribution in [0.25, 0.3) is 28.1 Å². The number of hydrogen-bond acceptors (Lipinski definition) is 7. The molecule has 0 saturated heterocycles. The van der Waals surface area contributed by atoms with Crippen LogP contribution in [0, 0.1) is 11.1 Å². The first-order valence-electron chi connectivity index (χ1n) is 13.6. The standard InChI is InChI=1S/C29H26ClN9O2/c30-22-8-12-26(38-17-31-34-36-38)24(14-22)21-7-11-27(39(41)15-21)28(13-18-1-2-18)37-16-25(33-35-37)19-3-5-20(6-4-19)29(40)32-23-9-10-23/h3-8,11-12,14-18,23,28H,1-2,9-10,13H2,(H,32,40). The summed E-state index contributed by atoms with van der Waals surface area (Å²) in [6, 6.07) is 16.5. The third kappa shape index (κ3) is 5.40. The average Bonchev–Trinajstić information content (AvgIpc) is 3.87. The number of rotatable bonds is 9. The fourth-order valence-corrected chi connectivity index (χ4v) is 5.18. The van der Waals surface area contributed by atoms with Gasteiger partial charge in [-0.1, -0.05) is 41.8 Å². The number of nitrogens with zero attached hydrogens (tertiary/aromatic N) is 8. The van der Waals surface area contributed by atoms with E-state index in [9.17, 15) is 10.0 Å². The number of pyridine rings is 1. The predicted octanol–water partition coefficient (Wildman–Crippen LogP) is 4.16. The molecule has 0 radical (unpaired) electrons. The van der Waals surface area contributed by atoms with E-state index in [0.29, 0.717) is 45.2 Å². The van der Waals surface area contributed by atoms with Gasteiger partial charge in [0.15, 0.2) is 6.20 Å². The summed E-state index contributed by atoms with van der Waals surface area (Å²) < 4.78 is 4.21. The Hall–Kier alpha value is -4.64. The van der Waals surface area contributed by atoms with Crippen molar-refractivity contribution in [2.24, 2.45) is 5.92 Å². The molecule has 3 aromatic heterocycles. The summed E-state index contributed by atoms with van der Waals surface area (Å²) in [5.41, 5.74) is 4.86. The summed E-state index contributed by atoms with van der Waals surface area (Å²) in [7, 11) is 0. The van der Waals surface area contributed by atoms with E-state index in [1.807, 2.05) is 36.5 Å². The second kappa shape index (κ2) is 10.4. The van der Waals surface area contributed by atoms with Crippen LogP contribution in [0.3, 0.4) is 0 Å². The van der Waals surface area contributed by atoms with Gasteiger partial charge in [0.1, 0.15) is 18.1 Å². The van der Waals surface area contributed by atoms with Gasteiger partial charge in [-0.25, -0.2) is 4.68 Å². The van der Waals surface area contributed by atoms with Crippen molar-refractivity contribution in [1.82, 2.24) is 40.5 Å². The minimum atomic E-state index is -0.280. The van der Waals surface area contributed by atoms with Gasteiger partial charge in [0.2, 0.25) is 5.69 Å². The van der Waals surface area contributed by atoms with E-state index in [1.54, 1.807) is 35.1 Å². The molecule has 2 fully saturated rings. The van der Waals surface area contributed by atoms with Crippen LogP contribution < -0.4 is 10.0 Å². The van der Waals surface area contributed by atoms with Gasteiger partial charge in [-0.15, -0.1) is 10.2 Å². The Morgan fingerprint density at radius 2 is 1.85 bits per heavy atom. The molecule has 2 aliphatic carbocycles. The molecule has 7 rings (SSSR count). The normalized spacial score (nSPS) is 15.5. The molecule has 41 heavy (non-hydrogen) atoms. The molecular weight excluding hydrogens is 542 g/mol. The highest BCUT2D eigenvalue weighted by molar-refractivity contribution is 6.31. The number of amides is 1. The summed E-state index contributed by atoms with van der Waals surface area (Å²) in [5, 5.41) is 37.3. The molecule has 0 aliphatic heterocycles. The van der Waals surface area contributed by atoms with Gasteiger partial charge in [-0.2, -0.15) is 9.41 Å². The van der Waals surface area contributed by atoms with Crippen molar-refractivity contribution in [3.05, 3.63) is 94.8 Å². The molecule has 0 spiro atoms. The third-order valence-electron chi connectivity index (χ3n) is 7.59. The number of aromatic nitrogens is 8. The number of tetrazole rings is 1. The van der Waals surface area contributed by atoms with Crippen LogP contribution >= 0.6 is 11.6 Å². The van der Waals surface area contributed by atoms with E-state index in [1.165, 1.54) is 11.0 Å². The highest BCUT2D eigenvalue weighted by atomic mass is 35.5. The molecule has 3 heterocycles. The maximum absolute atomic E-state index is 13.5. The molecule has 11 nitrogen and oxygen atoms in total. The van der Waals surface area contributed by atoms with Gasteiger partial charge < -0.3 is 10.5 Å². The van der Waals surface area contributed by atoms with E-state index in [-0.39, 0.29) is 11.9 Å². The summed E-state index contributed by atoms with van der Waals surface area (Å²) in [4.78, 5) is 12.4. The maximum Gasteiger partial charge on any atom is 0.251 e. The first-order chi connectivity index (χ1) is 20.0. The van der Waals surface area contributed by atoms with Crippen molar-refractivity contribution >= 4 is 17.5 Å². The summed E-state index contributed by atoms with van der Waals surface area (Å²) in [5.74, 6) is 0.481. The smallest absolute Gasteiger partial charge is 0.251 e. The third-order valence-corrected chi connectivity index (χ3v) is 7.82. The van der Waals surface area contributed by atoms with Crippen molar-refractivity contribution in [2.75, 3.05) is 0 Å². The molecule has 12 heteroatoms. The minimum Gasteiger partial charge on any atom is -0.618 e. The van der Waals surface area contributed by atoms with Crippen molar-refractivity contribution in [3.8, 4) is 28.1 Å². The summed E-state index contributed by atoms with van der Waals surface area (Å²) in [6.45, 7) is 0. The Bertz CT molecular complexity index is 1710. The Labute approximate surface area is 240 Å². The lowest BCUT2D eigenvalue weighted by Crippen LogP contribution is -2.35. The van der Waals surface area contributed by atoms with Crippen LogP contribution in [0.2, 0.25) is 5.02 Å². The molecule has 0 bridgehead atoms. The monoisotopic (exact) mass is 567 g/mol. The number of nitrogens with one attached hydrogen (secondary N) is 1. The number of halogens is 1. The van der Waals surface area contributed by atoms with Gasteiger partial charge in [0, 0.05) is 39.4 Å². The minimum absolute atomic E-state index is 0.0569. The lowest BCUT2D eigenvalue weighted by Gasteiger charge is -2.17. The predicted molar refractivity (Wildman–Crippen MR) is 150 cm³/mol. The molecule has 206 valence electrons. The zero-order valence-electron chi connectivity index (χ0n) is 22.0. The zero-order valence-corrected chi connectivity index (χ0v) is 22.7. The summed E-state index contributed by atoms with van der Waals surface area (Å²) >= 11 is 6.31. The molecule has 1 atom stereocenters. The van der Waals surface area contributed by atoms with E-state index in [0.717, 1.165) is 48.0 Å². The molecule has 2 aromatic carbocycles. The average molecular weight is 568 g/mol. The molecule has 1 amide bonds. The van der Waals surface area contributed by atoms with Crippen LogP contribution in [0.1, 0.15) is 54.2 Å². The zero-order chi connectivity index (χ0) is 27.9. The van der Waals surface area contributed by atoms with Gasteiger partial charge in [0.25, 0.3) is 5.91 Å². The lowest BCUT2D eigenvalue weighted by atomic mass is 10.0. The van der Waals surface area contributed by atoms with Gasteiger partial charge in [-0.05, 0) is 72.0 Å². The fourth-order valence-electron chi connectivity index (χ4n) is 5.00. The Morgan fingerprint density at radius 3 is 2.56 bits per heavy atom. The first kappa shape index (κ1) is 25.3. The quantitative estimate of drug-likeness (QED) is 0.209. The number of carbonyl (C=O) groups excluding carboxylic acids is 1. The van der Waals surface area contributed by atoms with E-state index in [4.69, 9.17) is 11.6 Å². The highest BCUT2D eigenvalue weighted by Crippen LogP contribution is 2.39. The molecular formula is C29H26ClN9O2. The van der Waals surface area contributed by atoms with Crippen LogP contribution in [0.5, 0.6) is 0 Å². The van der Waals surface area contributed by atoms with Crippen LogP contribution in [0.15, 0.2) is 73.3 Å². The summed E-state index contributed by atoms with van der Waals surface area (Å²) in [6.07, 6.45) is 10.1. The van der Waals surface area contributed by atoms with E-state index >= 15 is 0 Å². The lowest BCUT2D eigenvalue weighted by molar-refractivity contribution is -0.615. The molecule has 1 unspecified atom stereocenters. The Morgan fingerprint density at radius 1 is 1.05 bits per heavy atom. The first-order valence-corrected chi connectivity index (χ1v) is 14.0. The second-order valence-electron chi connectivity index (χ2n) is 10.7. The highest BCUT2D eigenvalue weighted by Gasteiger charge is 2.32. The van der Waals surface area contributed by atoms with Crippen molar-refractivity contribution < 1.29 is 9.52 Å². The van der Waals surface area contributed by atoms with Gasteiger partial charge >= 0.3 is 0 Å². The Balaban J connectivity index is 1.18. The van der Waals surface area contributed by atoms with Gasteiger partial charge in [-0.3, -0.25) is 4.79 Å². The fraction of sp³-hybridized carbons (Fsp3) is 0.276. The maximum atomic E-state index is 13.5. The van der Waals surface area contributed by atoms with Crippen LogP contribution in [-0.4, -0.2) is 47.2 Å². The van der Waals surface area contributed by atoms with Gasteiger partial charge in [0.05, 0.1) is 11.9 Å². The van der Waals surface area contributed by atoms with Crippen LogP contribution in [-0.2, 0) is 0 Å². The molecule has 2 saturated carbocycles. The largest absolute Gasteiger partial charge is 0.618 e. The topological polar surface area (TPSA) is 130 Å². The van der Waals surface area contributed by atoms with E-state index in [2.05, 4.69) is 31.2 Å². The van der Waals surface area contributed by atoms with Crippen molar-refractivity contribution in [2.45, 2.75) is 44.2 Å². The van der Waals surface area contributed by atoms with Crippen LogP contribution in [0.4, 0.5) is 0 Å². The van der Waals surface area contributed by atoms with Crippen molar-refractivity contribution in [1.29, 1.82) is 0 Å². The van der Waals surface area contributed by atoms with E-state index < -0.39 is 0 Å². The molecule has 1 N–H and O–H groups in total. The molecule has 5 aromatic rings. The molecule has 2 aliphatic rings. The Kier molecular flexibility index (Phi) is 6.43. The SMILES string of the molecule is O=C(NC1CC1)c1ccc(-c2cn(C(CC3CC3)c3ccc(-c4cc(Cl)ccc4-n4cnnn4)c[n+]3[O-])nn2)cc1. The second-order valence-corrected chi connectivity index (χ2v) is 11.1. The number of hydrogen-bond donors (Lipinski definition) is 1. The number of benzene rings is 2. The van der Waals surface area contributed by atoms with Crippen molar-refractivity contribution in [3.63, 3.8) is 0 Å². The number of carbonyl (C=O) groups is 1.